The van der Waals surface area contributed by atoms with E-state index in [-0.39, 0.29) is 4.99 Å². The summed E-state index contributed by atoms with van der Waals surface area (Å²) >= 11 is 4.82. The summed E-state index contributed by atoms with van der Waals surface area (Å²) in [5.41, 5.74) is 5.57. The highest BCUT2D eigenvalue weighted by molar-refractivity contribution is 7.80. The maximum Gasteiger partial charge on any atom is 0.147 e. The fourth-order valence-corrected chi connectivity index (χ4v) is 2.53. The van der Waals surface area contributed by atoms with Crippen molar-refractivity contribution >= 4 is 22.9 Å². The van der Waals surface area contributed by atoms with Gasteiger partial charge < -0.3 is 20.5 Å². The Kier molecular flexibility index (Phi) is 4.57. The van der Waals surface area contributed by atoms with Gasteiger partial charge in [0.2, 0.25) is 0 Å². The van der Waals surface area contributed by atoms with E-state index in [0.29, 0.717) is 43.9 Å². The highest BCUT2D eigenvalue weighted by Gasteiger charge is 2.31. The number of halogens is 1. The first-order valence-corrected chi connectivity index (χ1v) is 6.93. The fourth-order valence-electron chi connectivity index (χ4n) is 2.41. The van der Waals surface area contributed by atoms with Crippen LogP contribution in [0.4, 0.5) is 10.1 Å². The summed E-state index contributed by atoms with van der Waals surface area (Å²) in [4.78, 5) is 1.88. The van der Waals surface area contributed by atoms with Gasteiger partial charge in [0, 0.05) is 45.2 Å². The maximum absolute atomic E-state index is 14.1. The quantitative estimate of drug-likeness (QED) is 0.824. The van der Waals surface area contributed by atoms with E-state index in [1.165, 1.54) is 6.07 Å². The van der Waals surface area contributed by atoms with Gasteiger partial charge in [0.25, 0.3) is 0 Å². The highest BCUT2D eigenvalue weighted by atomic mass is 32.1. The highest BCUT2D eigenvalue weighted by Crippen LogP contribution is 2.26. The molecule has 20 heavy (non-hydrogen) atoms. The zero-order valence-electron chi connectivity index (χ0n) is 11.4. The van der Waals surface area contributed by atoms with Crippen LogP contribution >= 0.6 is 12.2 Å². The minimum Gasteiger partial charge on any atom is -0.389 e. The molecule has 3 N–H and O–H groups in total. The molecule has 0 aromatic heterocycles. The molecule has 1 aromatic carbocycles. The molecule has 1 saturated heterocycles. The van der Waals surface area contributed by atoms with Crippen molar-refractivity contribution in [2.24, 2.45) is 5.73 Å². The second-order valence-electron chi connectivity index (χ2n) is 5.22. The van der Waals surface area contributed by atoms with Crippen LogP contribution in [0.15, 0.2) is 18.2 Å². The predicted octanol–water partition coefficient (Wildman–Crippen LogP) is 1.44. The lowest BCUT2D eigenvalue weighted by atomic mass is 9.93. The van der Waals surface area contributed by atoms with Crippen molar-refractivity contribution in [1.82, 2.24) is 0 Å². The molecule has 0 saturated carbocycles. The van der Waals surface area contributed by atoms with E-state index in [2.05, 4.69) is 0 Å². The number of hydrogen-bond donors (Lipinski definition) is 2. The van der Waals surface area contributed by atoms with Crippen LogP contribution in [0.2, 0.25) is 0 Å². The molecule has 0 unspecified atom stereocenters. The lowest BCUT2D eigenvalue weighted by molar-refractivity contribution is -0.0573. The first-order valence-electron chi connectivity index (χ1n) is 6.52. The van der Waals surface area contributed by atoms with Gasteiger partial charge in [-0.25, -0.2) is 4.39 Å². The molecule has 0 aliphatic carbocycles. The van der Waals surface area contributed by atoms with Crippen molar-refractivity contribution in [2.75, 3.05) is 31.7 Å². The molecule has 1 fully saturated rings. The minimum absolute atomic E-state index is 0.168. The van der Waals surface area contributed by atoms with Crippen molar-refractivity contribution in [3.8, 4) is 0 Å². The molecule has 0 spiro atoms. The summed E-state index contributed by atoms with van der Waals surface area (Å²) in [5, 5.41) is 10.5. The van der Waals surface area contributed by atoms with E-state index < -0.39 is 11.4 Å². The van der Waals surface area contributed by atoms with Crippen LogP contribution in [-0.4, -0.2) is 42.5 Å². The van der Waals surface area contributed by atoms with Gasteiger partial charge in [-0.15, -0.1) is 0 Å². The van der Waals surface area contributed by atoms with Gasteiger partial charge in [-0.05, 0) is 18.2 Å². The number of nitrogens with two attached hydrogens (primary N) is 1. The van der Waals surface area contributed by atoms with E-state index in [1.807, 2.05) is 0 Å². The fraction of sp³-hybridized carbons (Fsp3) is 0.500. The van der Waals surface area contributed by atoms with Crippen LogP contribution in [0, 0.1) is 5.82 Å². The molecule has 1 heterocycles. The third kappa shape index (κ3) is 3.45. The van der Waals surface area contributed by atoms with Gasteiger partial charge in [0.05, 0.1) is 11.3 Å². The Bertz CT molecular complexity index is 504. The zero-order chi connectivity index (χ0) is 14.8. The molecule has 1 aliphatic heterocycles. The number of likely N-dealkylation sites (N-methyl/N-ethyl adjacent to an activating group) is 1. The summed E-state index contributed by atoms with van der Waals surface area (Å²) in [6.07, 6.45) is 1.12. The minimum atomic E-state index is -0.832. The number of thiocarbonyl (C=S) groups is 1. The summed E-state index contributed by atoms with van der Waals surface area (Å²) < 4.78 is 19.3. The zero-order valence-corrected chi connectivity index (χ0v) is 12.3. The topological polar surface area (TPSA) is 58.7 Å². The predicted molar refractivity (Wildman–Crippen MR) is 80.6 cm³/mol. The van der Waals surface area contributed by atoms with Gasteiger partial charge >= 0.3 is 0 Å². The summed E-state index contributed by atoms with van der Waals surface area (Å²) in [6, 6.07) is 4.64. The molecule has 0 radical (unpaired) electrons. The Morgan fingerprint density at radius 1 is 1.50 bits per heavy atom. The molecule has 6 heteroatoms. The number of ether oxygens (including phenoxy) is 1. The van der Waals surface area contributed by atoms with Crippen molar-refractivity contribution in [2.45, 2.75) is 18.4 Å². The van der Waals surface area contributed by atoms with Gasteiger partial charge in [0.15, 0.2) is 0 Å². The summed E-state index contributed by atoms with van der Waals surface area (Å²) in [6.45, 7) is 1.43. The Hall–Kier alpha value is -1.24. The maximum atomic E-state index is 14.1. The Morgan fingerprint density at radius 3 is 2.70 bits per heavy atom. The standard InChI is InChI=1S/C14H19FN2O2S/c1-17(9-14(18)4-6-19-7-5-14)12-3-2-10(13(16)20)8-11(12)15/h2-3,8,18H,4-7,9H2,1H3,(H2,16,20). The average molecular weight is 298 g/mol. The molecule has 1 aliphatic rings. The smallest absolute Gasteiger partial charge is 0.147 e. The van der Waals surface area contributed by atoms with E-state index in [0.717, 1.165) is 0 Å². The molecule has 1 aromatic rings. The molecular weight excluding hydrogens is 279 g/mol. The normalized spacial score (nSPS) is 17.8. The van der Waals surface area contributed by atoms with Crippen molar-refractivity contribution in [3.63, 3.8) is 0 Å². The van der Waals surface area contributed by atoms with Crippen LogP contribution in [-0.2, 0) is 4.74 Å². The van der Waals surface area contributed by atoms with Crippen molar-refractivity contribution in [3.05, 3.63) is 29.6 Å². The van der Waals surface area contributed by atoms with Gasteiger partial charge in [0.1, 0.15) is 10.8 Å². The van der Waals surface area contributed by atoms with E-state index in [1.54, 1.807) is 24.1 Å². The Balaban J connectivity index is 2.12. The second kappa shape index (κ2) is 6.03. The lowest BCUT2D eigenvalue weighted by Crippen LogP contribution is -2.46. The largest absolute Gasteiger partial charge is 0.389 e. The molecule has 4 nitrogen and oxygen atoms in total. The second-order valence-corrected chi connectivity index (χ2v) is 5.66. The Morgan fingerprint density at radius 2 is 2.15 bits per heavy atom. The van der Waals surface area contributed by atoms with Crippen molar-refractivity contribution < 1.29 is 14.2 Å². The number of rotatable bonds is 4. The number of hydrogen-bond acceptors (Lipinski definition) is 4. The first kappa shape index (κ1) is 15.2. The Labute approximate surface area is 123 Å². The van der Waals surface area contributed by atoms with Crippen LogP contribution in [0.3, 0.4) is 0 Å². The SMILES string of the molecule is CN(CC1(O)CCOCC1)c1ccc(C(N)=S)cc1F. The van der Waals surface area contributed by atoms with Gasteiger partial charge in [-0.2, -0.15) is 0 Å². The number of nitrogens with zero attached hydrogens (tertiary/aromatic N) is 1. The monoisotopic (exact) mass is 298 g/mol. The van der Waals surface area contributed by atoms with Gasteiger partial charge in [-0.3, -0.25) is 0 Å². The third-order valence-electron chi connectivity index (χ3n) is 3.60. The van der Waals surface area contributed by atoms with Crippen LogP contribution in [0.1, 0.15) is 18.4 Å². The van der Waals surface area contributed by atoms with Crippen LogP contribution in [0.5, 0.6) is 0 Å². The average Bonchev–Trinajstić information content (AvgIpc) is 2.38. The lowest BCUT2D eigenvalue weighted by Gasteiger charge is -2.36. The third-order valence-corrected chi connectivity index (χ3v) is 3.83. The first-order chi connectivity index (χ1) is 9.41. The summed E-state index contributed by atoms with van der Waals surface area (Å²) in [5.74, 6) is -0.395. The molecule has 2 rings (SSSR count). The summed E-state index contributed by atoms with van der Waals surface area (Å²) in [7, 11) is 1.76. The molecule has 0 amide bonds. The van der Waals surface area contributed by atoms with E-state index in [9.17, 15) is 9.50 Å². The molecule has 0 bridgehead atoms. The van der Waals surface area contributed by atoms with Crippen LogP contribution < -0.4 is 10.6 Å². The van der Waals surface area contributed by atoms with E-state index in [4.69, 9.17) is 22.7 Å². The van der Waals surface area contributed by atoms with Crippen LogP contribution in [0.25, 0.3) is 0 Å². The number of anilines is 1. The molecular formula is C14H19FN2O2S. The number of aliphatic hydroxyl groups is 1. The van der Waals surface area contributed by atoms with Crippen molar-refractivity contribution in [1.29, 1.82) is 0 Å². The molecule has 110 valence electrons. The van der Waals surface area contributed by atoms with E-state index >= 15 is 0 Å². The van der Waals surface area contributed by atoms with Gasteiger partial charge in [-0.1, -0.05) is 12.2 Å². The number of benzene rings is 1. The molecule has 0 atom stereocenters.